The van der Waals surface area contributed by atoms with E-state index in [1.807, 2.05) is 0 Å². The first-order chi connectivity index (χ1) is 12.5. The number of carbonyl (C=O) groups excluding carboxylic acids is 3. The molecule has 0 radical (unpaired) electrons. The van der Waals surface area contributed by atoms with Crippen LogP contribution in [0.4, 0.5) is 0 Å². The van der Waals surface area contributed by atoms with E-state index in [1.165, 1.54) is 13.2 Å². The molecule has 1 N–H and O–H groups in total. The van der Waals surface area contributed by atoms with E-state index in [0.29, 0.717) is 32.1 Å². The molecule has 5 heteroatoms. The number of aliphatic hydroxyl groups excluding tert-OH is 1. The van der Waals surface area contributed by atoms with Gasteiger partial charge in [-0.05, 0) is 18.9 Å². The predicted octanol–water partition coefficient (Wildman–Crippen LogP) is 2.99. The largest absolute Gasteiger partial charge is 0.469 e. The van der Waals surface area contributed by atoms with Crippen LogP contribution in [-0.2, 0) is 19.1 Å². The molecule has 0 aliphatic heterocycles. The quantitative estimate of drug-likeness (QED) is 0.280. The Bertz CT molecular complexity index is 567. The molecular weight excluding hydrogens is 332 g/mol. The second-order valence-corrected chi connectivity index (χ2v) is 6.69. The summed E-state index contributed by atoms with van der Waals surface area (Å²) in [5.74, 6) is 5.01. The second-order valence-electron chi connectivity index (χ2n) is 6.69. The Balaban J connectivity index is 2.50. The molecule has 0 bridgehead atoms. The lowest BCUT2D eigenvalue weighted by atomic mass is 9.90. The van der Waals surface area contributed by atoms with Gasteiger partial charge in [-0.25, -0.2) is 0 Å². The molecule has 0 amide bonds. The minimum Gasteiger partial charge on any atom is -0.469 e. The van der Waals surface area contributed by atoms with Gasteiger partial charge in [0.25, 0.3) is 0 Å². The van der Waals surface area contributed by atoms with Crippen LogP contribution in [0.1, 0.15) is 64.7 Å². The Morgan fingerprint density at radius 2 is 2.00 bits per heavy atom. The van der Waals surface area contributed by atoms with Crippen LogP contribution in [0.15, 0.2) is 12.2 Å². The summed E-state index contributed by atoms with van der Waals surface area (Å²) in [5.41, 5.74) is 0. The third-order valence-electron chi connectivity index (χ3n) is 4.62. The highest BCUT2D eigenvalue weighted by Gasteiger charge is 2.39. The summed E-state index contributed by atoms with van der Waals surface area (Å²) >= 11 is 0. The van der Waals surface area contributed by atoms with Gasteiger partial charge in [0, 0.05) is 43.9 Å². The average molecular weight is 362 g/mol. The van der Waals surface area contributed by atoms with E-state index >= 15 is 0 Å². The molecule has 1 aliphatic rings. The van der Waals surface area contributed by atoms with E-state index in [4.69, 9.17) is 0 Å². The Morgan fingerprint density at radius 3 is 2.69 bits per heavy atom. The van der Waals surface area contributed by atoms with Crippen LogP contribution in [0, 0.1) is 23.7 Å². The van der Waals surface area contributed by atoms with Gasteiger partial charge in [0.05, 0.1) is 13.2 Å². The molecule has 0 aromatic carbocycles. The molecule has 1 aliphatic carbocycles. The molecule has 1 fully saturated rings. The summed E-state index contributed by atoms with van der Waals surface area (Å²) in [6.07, 6.45) is 7.92. The standard InChI is InChI=1S/C21H30O5/c1-3-4-7-10-16(22)13-14-18-17(19(23)15-20(18)24)11-8-5-6-9-12-21(25)26-2/h13-14,17-18,20,24H,3-4,6-7,9-12,15H2,1-2H3/b14-13+/t17-,18-,20-/m1/s1. The Morgan fingerprint density at radius 1 is 1.23 bits per heavy atom. The van der Waals surface area contributed by atoms with Gasteiger partial charge in [-0.15, -0.1) is 11.8 Å². The molecule has 0 aromatic heterocycles. The van der Waals surface area contributed by atoms with Gasteiger partial charge in [0.2, 0.25) is 0 Å². The van der Waals surface area contributed by atoms with Gasteiger partial charge in [-0.1, -0.05) is 25.8 Å². The number of hydrogen-bond acceptors (Lipinski definition) is 5. The third kappa shape index (κ3) is 7.97. The Kier molecular flexibility index (Phi) is 10.6. The summed E-state index contributed by atoms with van der Waals surface area (Å²) in [6.45, 7) is 2.09. The van der Waals surface area contributed by atoms with Crippen LogP contribution >= 0.6 is 0 Å². The van der Waals surface area contributed by atoms with E-state index in [2.05, 4.69) is 23.5 Å². The number of unbranched alkanes of at least 4 members (excludes halogenated alkanes) is 3. The average Bonchev–Trinajstić information content (AvgIpc) is 2.89. The molecular formula is C21H30O5. The first kappa shape index (κ1) is 22.1. The van der Waals surface area contributed by atoms with Crippen molar-refractivity contribution in [3.63, 3.8) is 0 Å². The van der Waals surface area contributed by atoms with Crippen LogP contribution in [0.5, 0.6) is 0 Å². The number of hydrogen-bond donors (Lipinski definition) is 1. The van der Waals surface area contributed by atoms with Crippen molar-refractivity contribution in [1.29, 1.82) is 0 Å². The monoisotopic (exact) mass is 362 g/mol. The number of Topliss-reactive ketones (excluding diaryl/α,β-unsaturated/α-hetero) is 1. The predicted molar refractivity (Wildman–Crippen MR) is 99.2 cm³/mol. The summed E-state index contributed by atoms with van der Waals surface area (Å²) in [5, 5.41) is 10.1. The molecule has 0 heterocycles. The van der Waals surface area contributed by atoms with Crippen LogP contribution in [0.3, 0.4) is 0 Å². The molecule has 0 aromatic rings. The van der Waals surface area contributed by atoms with Gasteiger partial charge in [0.1, 0.15) is 5.78 Å². The Hall–Kier alpha value is -1.93. The van der Waals surface area contributed by atoms with Crippen molar-refractivity contribution >= 4 is 17.5 Å². The van der Waals surface area contributed by atoms with Gasteiger partial charge < -0.3 is 9.84 Å². The lowest BCUT2D eigenvalue weighted by molar-refractivity contribution is -0.140. The first-order valence-electron chi connectivity index (χ1n) is 9.43. The highest BCUT2D eigenvalue weighted by Crippen LogP contribution is 2.32. The number of ether oxygens (including phenoxy) is 1. The molecule has 5 nitrogen and oxygen atoms in total. The Labute approximate surface area is 156 Å². The fourth-order valence-electron chi connectivity index (χ4n) is 3.03. The van der Waals surface area contributed by atoms with E-state index < -0.39 is 6.10 Å². The van der Waals surface area contributed by atoms with Crippen molar-refractivity contribution in [2.75, 3.05) is 7.11 Å². The summed E-state index contributed by atoms with van der Waals surface area (Å²) in [7, 11) is 1.35. The normalized spacial score (nSPS) is 22.3. The second kappa shape index (κ2) is 12.4. The first-order valence-corrected chi connectivity index (χ1v) is 9.43. The molecule has 0 unspecified atom stereocenters. The van der Waals surface area contributed by atoms with Crippen molar-refractivity contribution in [3.05, 3.63) is 12.2 Å². The zero-order valence-electron chi connectivity index (χ0n) is 15.8. The highest BCUT2D eigenvalue weighted by molar-refractivity contribution is 5.90. The van der Waals surface area contributed by atoms with Crippen LogP contribution in [-0.4, -0.2) is 35.9 Å². The molecule has 144 valence electrons. The van der Waals surface area contributed by atoms with E-state index in [-0.39, 0.29) is 35.8 Å². The van der Waals surface area contributed by atoms with Crippen molar-refractivity contribution in [3.8, 4) is 11.8 Å². The minimum atomic E-state index is -0.742. The van der Waals surface area contributed by atoms with Gasteiger partial charge in [-0.3, -0.25) is 14.4 Å². The summed E-state index contributed by atoms with van der Waals surface area (Å²) < 4.78 is 4.56. The molecule has 1 rings (SSSR count). The van der Waals surface area contributed by atoms with Crippen LogP contribution in [0.25, 0.3) is 0 Å². The number of carbonyl (C=O) groups is 3. The lowest BCUT2D eigenvalue weighted by Crippen LogP contribution is -2.18. The maximum atomic E-state index is 12.1. The topological polar surface area (TPSA) is 80.7 Å². The van der Waals surface area contributed by atoms with Crippen molar-refractivity contribution < 1.29 is 24.2 Å². The maximum Gasteiger partial charge on any atom is 0.305 e. The van der Waals surface area contributed by atoms with E-state index in [0.717, 1.165) is 19.3 Å². The van der Waals surface area contributed by atoms with Crippen molar-refractivity contribution in [1.82, 2.24) is 0 Å². The number of aliphatic hydroxyl groups is 1. The number of allylic oxidation sites excluding steroid dienone is 1. The van der Waals surface area contributed by atoms with E-state index in [9.17, 15) is 19.5 Å². The van der Waals surface area contributed by atoms with Gasteiger partial charge in [0.15, 0.2) is 5.78 Å². The van der Waals surface area contributed by atoms with Crippen molar-refractivity contribution in [2.24, 2.45) is 11.8 Å². The summed E-state index contributed by atoms with van der Waals surface area (Å²) in [4.78, 5) is 35.0. The lowest BCUT2D eigenvalue weighted by Gasteiger charge is -2.14. The molecule has 0 spiro atoms. The number of rotatable bonds is 10. The van der Waals surface area contributed by atoms with Crippen LogP contribution < -0.4 is 0 Å². The fraction of sp³-hybridized carbons (Fsp3) is 0.667. The van der Waals surface area contributed by atoms with Gasteiger partial charge in [-0.2, -0.15) is 0 Å². The number of esters is 1. The van der Waals surface area contributed by atoms with E-state index in [1.54, 1.807) is 6.08 Å². The zero-order valence-corrected chi connectivity index (χ0v) is 15.8. The smallest absolute Gasteiger partial charge is 0.305 e. The molecule has 1 saturated carbocycles. The SMILES string of the molecule is CCCCCC(=O)/C=C/[C@H]1[C@H](O)CC(=O)[C@@H]1CC#CCCCC(=O)OC. The molecule has 26 heavy (non-hydrogen) atoms. The number of methoxy groups -OCH3 is 1. The third-order valence-corrected chi connectivity index (χ3v) is 4.62. The fourth-order valence-corrected chi connectivity index (χ4v) is 3.03. The zero-order chi connectivity index (χ0) is 19.4. The highest BCUT2D eigenvalue weighted by atomic mass is 16.5. The van der Waals surface area contributed by atoms with Crippen molar-refractivity contribution in [2.45, 2.75) is 70.8 Å². The molecule has 0 saturated heterocycles. The minimum absolute atomic E-state index is 0.00515. The molecule has 3 atom stereocenters. The van der Waals surface area contributed by atoms with Gasteiger partial charge >= 0.3 is 5.97 Å². The number of ketones is 2. The maximum absolute atomic E-state index is 12.1. The summed E-state index contributed by atoms with van der Waals surface area (Å²) in [6, 6.07) is 0. The van der Waals surface area contributed by atoms with Crippen LogP contribution in [0.2, 0.25) is 0 Å².